The number of aromatic nitrogens is 1. The predicted octanol–water partition coefficient (Wildman–Crippen LogP) is 3.66. The summed E-state index contributed by atoms with van der Waals surface area (Å²) in [5.41, 5.74) is 4.05. The first-order chi connectivity index (χ1) is 15.8. The molecule has 0 unspecified atom stereocenters. The Hall–Kier alpha value is -2.49. The van der Waals surface area contributed by atoms with Crippen molar-refractivity contribution in [2.45, 2.75) is 37.6 Å². The Bertz CT molecular complexity index is 1310. The second-order valence-corrected chi connectivity index (χ2v) is 11.9. The van der Waals surface area contributed by atoms with E-state index < -0.39 is 10.0 Å². The van der Waals surface area contributed by atoms with Crippen LogP contribution in [0.3, 0.4) is 0 Å². The minimum absolute atomic E-state index is 0.0649. The Balaban J connectivity index is 1.25. The first-order valence-corrected chi connectivity index (χ1v) is 13.5. The van der Waals surface area contributed by atoms with Crippen LogP contribution in [0, 0.1) is 13.8 Å². The van der Waals surface area contributed by atoms with Crippen molar-refractivity contribution in [1.29, 1.82) is 0 Å². The number of piperazine rings is 1. The molecule has 2 fully saturated rings. The quantitative estimate of drug-likeness (QED) is 0.553. The van der Waals surface area contributed by atoms with Crippen molar-refractivity contribution in [3.8, 4) is 0 Å². The third-order valence-electron chi connectivity index (χ3n) is 6.75. The van der Waals surface area contributed by atoms with Gasteiger partial charge in [0.15, 0.2) is 5.13 Å². The average molecular weight is 485 g/mol. The Labute approximate surface area is 198 Å². The Morgan fingerprint density at radius 2 is 1.70 bits per heavy atom. The number of fused-ring (bicyclic) bond motifs is 1. The highest BCUT2D eigenvalue weighted by Gasteiger charge is 2.35. The second-order valence-electron chi connectivity index (χ2n) is 8.91. The lowest BCUT2D eigenvalue weighted by molar-refractivity contribution is 0.0746. The van der Waals surface area contributed by atoms with Crippen LogP contribution in [0.5, 0.6) is 0 Å². The molecule has 7 nitrogen and oxygen atoms in total. The maximum absolute atomic E-state index is 13.0. The standard InChI is InChI=1S/C24H28N4O3S2/c1-16-4-11-21-22(17(16)2)25-24(32-21)28-14-12-27(13-15-28)23(29)18-5-9-20(10-6-18)33(30,31)26(3)19-7-8-19/h4-6,9-11,19H,7-8,12-15H2,1-3H3. The van der Waals surface area contributed by atoms with E-state index in [9.17, 15) is 13.2 Å². The molecule has 0 N–H and O–H groups in total. The van der Waals surface area contributed by atoms with Gasteiger partial charge >= 0.3 is 0 Å². The van der Waals surface area contributed by atoms with Crippen LogP contribution in [-0.4, -0.2) is 67.8 Å². The number of carbonyl (C=O) groups excluding carboxylic acids is 1. The lowest BCUT2D eigenvalue weighted by Gasteiger charge is -2.34. The van der Waals surface area contributed by atoms with Crippen LogP contribution in [-0.2, 0) is 10.0 Å². The first kappa shape index (κ1) is 22.3. The zero-order valence-electron chi connectivity index (χ0n) is 19.1. The normalized spacial score (nSPS) is 17.2. The number of benzene rings is 2. The van der Waals surface area contributed by atoms with Crippen LogP contribution < -0.4 is 4.90 Å². The number of sulfonamides is 1. The van der Waals surface area contributed by atoms with Gasteiger partial charge in [0.05, 0.1) is 15.1 Å². The molecule has 0 atom stereocenters. The minimum Gasteiger partial charge on any atom is -0.345 e. The summed E-state index contributed by atoms with van der Waals surface area (Å²) in [6.07, 6.45) is 1.82. The van der Waals surface area contributed by atoms with Gasteiger partial charge in [0.2, 0.25) is 10.0 Å². The zero-order chi connectivity index (χ0) is 23.3. The largest absolute Gasteiger partial charge is 0.345 e. The van der Waals surface area contributed by atoms with Crippen LogP contribution in [0.4, 0.5) is 5.13 Å². The number of carbonyl (C=O) groups is 1. The fourth-order valence-corrected chi connectivity index (χ4v) is 6.70. The van der Waals surface area contributed by atoms with E-state index in [1.165, 1.54) is 20.1 Å². The molecule has 0 bridgehead atoms. The number of thiazole rings is 1. The van der Waals surface area contributed by atoms with Gasteiger partial charge in [-0.3, -0.25) is 4.79 Å². The molecule has 1 aliphatic carbocycles. The Morgan fingerprint density at radius 3 is 2.33 bits per heavy atom. The summed E-state index contributed by atoms with van der Waals surface area (Å²) in [5, 5.41) is 1.00. The van der Waals surface area contributed by atoms with E-state index in [1.807, 2.05) is 4.90 Å². The first-order valence-electron chi connectivity index (χ1n) is 11.2. The molecular weight excluding hydrogens is 456 g/mol. The van der Waals surface area contributed by atoms with Crippen molar-refractivity contribution in [2.75, 3.05) is 38.1 Å². The molecular formula is C24H28N4O3S2. The van der Waals surface area contributed by atoms with E-state index in [2.05, 4.69) is 30.9 Å². The summed E-state index contributed by atoms with van der Waals surface area (Å²) >= 11 is 1.70. The number of nitrogens with zero attached hydrogens (tertiary/aromatic N) is 4. The molecule has 0 spiro atoms. The van der Waals surface area contributed by atoms with Crippen molar-refractivity contribution in [2.24, 2.45) is 0 Å². The number of rotatable bonds is 5. The van der Waals surface area contributed by atoms with Crippen molar-refractivity contribution >= 4 is 42.6 Å². The SMILES string of the molecule is Cc1ccc2sc(N3CCN(C(=O)c4ccc(S(=O)(=O)N(C)C5CC5)cc4)CC3)nc2c1C. The Kier molecular flexibility index (Phi) is 5.66. The molecule has 1 aromatic heterocycles. The molecule has 1 saturated carbocycles. The summed E-state index contributed by atoms with van der Waals surface area (Å²) < 4.78 is 28.0. The van der Waals surface area contributed by atoms with Gasteiger partial charge in [0, 0.05) is 44.8 Å². The number of aryl methyl sites for hydroxylation is 2. The molecule has 3 aromatic rings. The molecule has 1 saturated heterocycles. The van der Waals surface area contributed by atoms with Gasteiger partial charge in [-0.15, -0.1) is 0 Å². The summed E-state index contributed by atoms with van der Waals surface area (Å²) in [6, 6.07) is 10.7. The smallest absolute Gasteiger partial charge is 0.253 e. The highest BCUT2D eigenvalue weighted by atomic mass is 32.2. The van der Waals surface area contributed by atoms with Crippen LogP contribution in [0.15, 0.2) is 41.3 Å². The third kappa shape index (κ3) is 4.13. The number of hydrogen-bond acceptors (Lipinski definition) is 6. The Morgan fingerprint density at radius 1 is 1.03 bits per heavy atom. The van der Waals surface area contributed by atoms with E-state index >= 15 is 0 Å². The van der Waals surface area contributed by atoms with Gasteiger partial charge in [-0.05, 0) is 68.1 Å². The van der Waals surface area contributed by atoms with Crippen LogP contribution in [0.2, 0.25) is 0 Å². The molecule has 5 rings (SSSR count). The van der Waals surface area contributed by atoms with Gasteiger partial charge in [-0.25, -0.2) is 13.4 Å². The fraction of sp³-hybridized carbons (Fsp3) is 0.417. The third-order valence-corrected chi connectivity index (χ3v) is 9.76. The molecule has 2 aromatic carbocycles. The van der Waals surface area contributed by atoms with E-state index in [0.29, 0.717) is 18.7 Å². The monoisotopic (exact) mass is 484 g/mol. The molecule has 2 heterocycles. The summed E-state index contributed by atoms with van der Waals surface area (Å²) in [6.45, 7) is 6.88. The predicted molar refractivity (Wildman–Crippen MR) is 132 cm³/mol. The van der Waals surface area contributed by atoms with Crippen molar-refractivity contribution in [1.82, 2.24) is 14.2 Å². The van der Waals surface area contributed by atoms with Crippen molar-refractivity contribution in [3.63, 3.8) is 0 Å². The van der Waals surface area contributed by atoms with Crippen molar-refractivity contribution < 1.29 is 13.2 Å². The highest BCUT2D eigenvalue weighted by Crippen LogP contribution is 2.33. The molecule has 1 amide bonds. The van der Waals surface area contributed by atoms with E-state index in [-0.39, 0.29) is 16.8 Å². The van der Waals surface area contributed by atoms with Crippen molar-refractivity contribution in [3.05, 3.63) is 53.1 Å². The topological polar surface area (TPSA) is 73.8 Å². The van der Waals surface area contributed by atoms with Gasteiger partial charge in [0.25, 0.3) is 5.91 Å². The zero-order valence-corrected chi connectivity index (χ0v) is 20.7. The molecule has 33 heavy (non-hydrogen) atoms. The maximum atomic E-state index is 13.0. The van der Waals surface area contributed by atoms with Crippen LogP contribution in [0.25, 0.3) is 10.2 Å². The van der Waals surface area contributed by atoms with Crippen LogP contribution in [0.1, 0.15) is 34.3 Å². The number of anilines is 1. The van der Waals surface area contributed by atoms with Gasteiger partial charge in [-0.1, -0.05) is 17.4 Å². The van der Waals surface area contributed by atoms with E-state index in [1.54, 1.807) is 42.6 Å². The summed E-state index contributed by atoms with van der Waals surface area (Å²) in [5.74, 6) is -0.0649. The molecule has 2 aliphatic rings. The lowest BCUT2D eigenvalue weighted by atomic mass is 10.1. The average Bonchev–Trinajstić information content (AvgIpc) is 3.59. The summed E-state index contributed by atoms with van der Waals surface area (Å²) in [7, 11) is -1.88. The van der Waals surface area contributed by atoms with Gasteiger partial charge < -0.3 is 9.80 Å². The highest BCUT2D eigenvalue weighted by molar-refractivity contribution is 7.89. The molecule has 0 radical (unpaired) electrons. The maximum Gasteiger partial charge on any atom is 0.253 e. The number of hydrogen-bond donors (Lipinski definition) is 0. The van der Waals surface area contributed by atoms with E-state index in [4.69, 9.17) is 4.98 Å². The lowest BCUT2D eigenvalue weighted by Crippen LogP contribution is -2.48. The van der Waals surface area contributed by atoms with Gasteiger partial charge in [0.1, 0.15) is 0 Å². The molecule has 174 valence electrons. The second kappa shape index (κ2) is 8.38. The van der Waals surface area contributed by atoms with E-state index in [0.717, 1.165) is 36.6 Å². The molecule has 1 aliphatic heterocycles. The summed E-state index contributed by atoms with van der Waals surface area (Å²) in [4.78, 5) is 22.2. The van der Waals surface area contributed by atoms with Crippen LogP contribution >= 0.6 is 11.3 Å². The molecule has 9 heteroatoms. The number of amides is 1. The minimum atomic E-state index is -3.50. The van der Waals surface area contributed by atoms with Gasteiger partial charge in [-0.2, -0.15) is 4.31 Å². The fourth-order valence-electron chi connectivity index (χ4n) is 4.20.